The van der Waals surface area contributed by atoms with E-state index in [1.165, 1.54) is 31.4 Å². The first-order valence-electron chi connectivity index (χ1n) is 8.62. The zero-order valence-electron chi connectivity index (χ0n) is 15.5. The lowest BCUT2D eigenvalue weighted by atomic mass is 10.1. The summed E-state index contributed by atoms with van der Waals surface area (Å²) in [5.74, 6) is -0.0419. The van der Waals surface area contributed by atoms with Crippen LogP contribution in [-0.4, -0.2) is 49.4 Å². The number of sulfonamides is 1. The third-order valence-electron chi connectivity index (χ3n) is 4.08. The van der Waals surface area contributed by atoms with E-state index in [1.807, 2.05) is 30.3 Å². The second kappa shape index (κ2) is 8.86. The quantitative estimate of drug-likeness (QED) is 0.438. The first-order chi connectivity index (χ1) is 13.9. The Morgan fingerprint density at radius 3 is 2.48 bits per heavy atom. The zero-order valence-corrected chi connectivity index (χ0v) is 16.3. The average Bonchev–Trinajstić information content (AvgIpc) is 3.21. The number of aliphatic hydroxyl groups is 1. The van der Waals surface area contributed by atoms with Gasteiger partial charge in [-0.1, -0.05) is 30.3 Å². The van der Waals surface area contributed by atoms with Crippen molar-refractivity contribution >= 4 is 21.7 Å². The smallest absolute Gasteiger partial charge is 0.246 e. The number of aromatic nitrogens is 2. The Labute approximate surface area is 167 Å². The van der Waals surface area contributed by atoms with Crippen molar-refractivity contribution in [2.45, 2.75) is 10.9 Å². The number of hydrogen-bond donors (Lipinski definition) is 4. The van der Waals surface area contributed by atoms with Crippen LogP contribution >= 0.6 is 0 Å². The molecule has 0 bridgehead atoms. The number of methoxy groups -OCH3 is 1. The van der Waals surface area contributed by atoms with Gasteiger partial charge in [0, 0.05) is 6.07 Å². The molecule has 0 aliphatic carbocycles. The summed E-state index contributed by atoms with van der Waals surface area (Å²) in [4.78, 5) is 12.4. The molecule has 1 unspecified atom stereocenters. The van der Waals surface area contributed by atoms with Crippen LogP contribution in [0.4, 0.5) is 5.82 Å². The van der Waals surface area contributed by atoms with Crippen LogP contribution in [0.25, 0.3) is 11.3 Å². The summed E-state index contributed by atoms with van der Waals surface area (Å²) < 4.78 is 32.1. The molecule has 3 rings (SSSR count). The van der Waals surface area contributed by atoms with Crippen LogP contribution in [0, 0.1) is 0 Å². The first kappa shape index (κ1) is 20.5. The fourth-order valence-electron chi connectivity index (χ4n) is 2.55. The molecule has 3 aromatic rings. The van der Waals surface area contributed by atoms with E-state index in [9.17, 15) is 18.3 Å². The Hall–Kier alpha value is -3.21. The molecule has 0 spiro atoms. The minimum atomic E-state index is -4.03. The third-order valence-corrected chi connectivity index (χ3v) is 5.57. The fraction of sp³-hybridized carbons (Fsp3) is 0.158. The number of nitrogens with zero attached hydrogens (tertiary/aromatic N) is 1. The van der Waals surface area contributed by atoms with E-state index in [1.54, 1.807) is 6.07 Å². The van der Waals surface area contributed by atoms with Crippen molar-refractivity contribution in [1.82, 2.24) is 14.9 Å². The van der Waals surface area contributed by atoms with Gasteiger partial charge in [-0.05, 0) is 29.8 Å². The van der Waals surface area contributed by atoms with E-state index < -0.39 is 28.6 Å². The molecule has 1 aromatic heterocycles. The van der Waals surface area contributed by atoms with E-state index in [0.29, 0.717) is 11.4 Å². The summed E-state index contributed by atoms with van der Waals surface area (Å²) in [6, 6.07) is 15.2. The minimum absolute atomic E-state index is 0.0596. The van der Waals surface area contributed by atoms with Gasteiger partial charge < -0.3 is 15.2 Å². The summed E-state index contributed by atoms with van der Waals surface area (Å²) in [7, 11) is -2.56. The van der Waals surface area contributed by atoms with Gasteiger partial charge in [0.1, 0.15) is 11.8 Å². The van der Waals surface area contributed by atoms with Gasteiger partial charge in [-0.15, -0.1) is 0 Å². The Morgan fingerprint density at radius 2 is 1.86 bits per heavy atom. The number of amides is 1. The number of carbonyl (C=O) groups excluding carboxylic acids is 1. The van der Waals surface area contributed by atoms with Gasteiger partial charge in [0.15, 0.2) is 5.82 Å². The van der Waals surface area contributed by atoms with Crippen LogP contribution in [-0.2, 0) is 14.8 Å². The van der Waals surface area contributed by atoms with Crippen LogP contribution in [0.1, 0.15) is 0 Å². The van der Waals surface area contributed by atoms with Crippen molar-refractivity contribution in [3.63, 3.8) is 0 Å². The van der Waals surface area contributed by atoms with Gasteiger partial charge in [-0.2, -0.15) is 9.82 Å². The van der Waals surface area contributed by atoms with Crippen LogP contribution in [0.3, 0.4) is 0 Å². The second-order valence-corrected chi connectivity index (χ2v) is 7.77. The van der Waals surface area contributed by atoms with Gasteiger partial charge in [0.25, 0.3) is 0 Å². The molecule has 0 saturated carbocycles. The molecular weight excluding hydrogens is 396 g/mol. The minimum Gasteiger partial charge on any atom is -0.497 e. The molecular formula is C19H20N4O5S. The van der Waals surface area contributed by atoms with E-state index in [-0.39, 0.29) is 10.7 Å². The molecule has 0 fully saturated rings. The monoisotopic (exact) mass is 416 g/mol. The Morgan fingerprint density at radius 1 is 1.17 bits per heavy atom. The molecule has 0 saturated heterocycles. The molecule has 0 aliphatic rings. The normalized spacial score (nSPS) is 12.3. The number of aliphatic hydroxyl groups excluding tert-OH is 1. The number of rotatable bonds is 8. The molecule has 2 aromatic carbocycles. The maximum atomic E-state index is 12.5. The van der Waals surface area contributed by atoms with Crippen LogP contribution in [0.15, 0.2) is 65.6 Å². The van der Waals surface area contributed by atoms with E-state index in [2.05, 4.69) is 20.2 Å². The summed E-state index contributed by atoms with van der Waals surface area (Å²) in [5, 5.41) is 18.8. The highest BCUT2D eigenvalue weighted by Gasteiger charge is 2.26. The van der Waals surface area contributed by atoms with Gasteiger partial charge in [0.05, 0.1) is 24.3 Å². The molecule has 0 radical (unpaired) electrons. The molecule has 1 amide bonds. The summed E-state index contributed by atoms with van der Waals surface area (Å²) >= 11 is 0. The Kier molecular flexibility index (Phi) is 6.27. The lowest BCUT2D eigenvalue weighted by Crippen LogP contribution is -2.46. The molecule has 29 heavy (non-hydrogen) atoms. The molecule has 1 heterocycles. The fourth-order valence-corrected chi connectivity index (χ4v) is 3.74. The molecule has 1 atom stereocenters. The van der Waals surface area contributed by atoms with Gasteiger partial charge in [0.2, 0.25) is 15.9 Å². The standard InChI is InChI=1S/C19H20N4O5S/c1-28-14-7-9-15(10-8-14)29(26,27)23-17(12-24)19(25)20-18-11-16(21-22-18)13-5-3-2-4-6-13/h2-11,17,23-24H,12H2,1H3,(H2,20,21,22,25). The van der Waals surface area contributed by atoms with Gasteiger partial charge in [-0.25, -0.2) is 8.42 Å². The average molecular weight is 416 g/mol. The second-order valence-electron chi connectivity index (χ2n) is 6.05. The summed E-state index contributed by atoms with van der Waals surface area (Å²) in [5.41, 5.74) is 1.56. The highest BCUT2D eigenvalue weighted by atomic mass is 32.2. The summed E-state index contributed by atoms with van der Waals surface area (Å²) in [6.45, 7) is -0.725. The number of anilines is 1. The predicted molar refractivity (Wildman–Crippen MR) is 107 cm³/mol. The first-order valence-corrected chi connectivity index (χ1v) is 10.1. The number of nitrogens with one attached hydrogen (secondary N) is 3. The van der Waals surface area contributed by atoms with Crippen molar-refractivity contribution < 1.29 is 23.1 Å². The molecule has 152 valence electrons. The zero-order chi connectivity index (χ0) is 20.9. The highest BCUT2D eigenvalue weighted by Crippen LogP contribution is 2.19. The molecule has 10 heteroatoms. The Balaban J connectivity index is 1.69. The van der Waals surface area contributed by atoms with E-state index in [0.717, 1.165) is 5.56 Å². The lowest BCUT2D eigenvalue weighted by molar-refractivity contribution is -0.118. The van der Waals surface area contributed by atoms with Crippen LogP contribution in [0.2, 0.25) is 0 Å². The molecule has 0 aliphatic heterocycles. The molecule has 9 nitrogen and oxygen atoms in total. The number of H-pyrrole nitrogens is 1. The number of benzene rings is 2. The van der Waals surface area contributed by atoms with E-state index >= 15 is 0 Å². The van der Waals surface area contributed by atoms with Crippen LogP contribution in [0.5, 0.6) is 5.75 Å². The van der Waals surface area contributed by atoms with Crippen molar-refractivity contribution in [2.24, 2.45) is 0 Å². The maximum Gasteiger partial charge on any atom is 0.246 e. The summed E-state index contributed by atoms with van der Waals surface area (Å²) in [6.07, 6.45) is 0. The van der Waals surface area contributed by atoms with Crippen LogP contribution < -0.4 is 14.8 Å². The SMILES string of the molecule is COc1ccc(S(=O)(=O)NC(CO)C(=O)Nc2cc(-c3ccccc3)[nH]n2)cc1. The van der Waals surface area contributed by atoms with Crippen molar-refractivity contribution in [3.8, 4) is 17.0 Å². The molecule has 4 N–H and O–H groups in total. The van der Waals surface area contributed by atoms with E-state index in [4.69, 9.17) is 4.74 Å². The van der Waals surface area contributed by atoms with Crippen molar-refractivity contribution in [3.05, 3.63) is 60.7 Å². The topological polar surface area (TPSA) is 133 Å². The third kappa shape index (κ3) is 4.99. The van der Waals surface area contributed by atoms with Gasteiger partial charge in [-0.3, -0.25) is 9.89 Å². The highest BCUT2D eigenvalue weighted by molar-refractivity contribution is 7.89. The van der Waals surface area contributed by atoms with Gasteiger partial charge >= 0.3 is 0 Å². The predicted octanol–water partition coefficient (Wildman–Crippen LogP) is 1.36. The largest absolute Gasteiger partial charge is 0.497 e. The number of hydrogen-bond acceptors (Lipinski definition) is 6. The van der Waals surface area contributed by atoms with Crippen molar-refractivity contribution in [2.75, 3.05) is 19.0 Å². The lowest BCUT2D eigenvalue weighted by Gasteiger charge is -2.15. The number of aromatic amines is 1. The Bertz CT molecular complexity index is 1070. The number of ether oxygens (including phenoxy) is 1. The maximum absolute atomic E-state index is 12.5. The van der Waals surface area contributed by atoms with Crippen molar-refractivity contribution in [1.29, 1.82) is 0 Å². The number of carbonyl (C=O) groups is 1.